The van der Waals surface area contributed by atoms with E-state index in [-0.39, 0.29) is 6.04 Å². The molecule has 0 amide bonds. The highest BCUT2D eigenvalue weighted by Gasteiger charge is 2.10. The molecular formula is C11H19N3. The van der Waals surface area contributed by atoms with Gasteiger partial charge in [-0.1, -0.05) is 13.3 Å². The monoisotopic (exact) mass is 193 g/mol. The van der Waals surface area contributed by atoms with E-state index in [4.69, 9.17) is 5.73 Å². The van der Waals surface area contributed by atoms with E-state index in [9.17, 15) is 0 Å². The molecule has 0 spiro atoms. The van der Waals surface area contributed by atoms with Crippen LogP contribution < -0.4 is 5.73 Å². The van der Waals surface area contributed by atoms with Gasteiger partial charge in [0.15, 0.2) is 0 Å². The predicted octanol–water partition coefficient (Wildman–Crippen LogP) is 2.20. The largest absolute Gasteiger partial charge is 0.321 e. The van der Waals surface area contributed by atoms with Crippen molar-refractivity contribution in [3.63, 3.8) is 0 Å². The standard InChI is InChI=1S/C11H19N3/c1-5-6-10(12)11-13-8(3)7(2)9(4)14-11/h10H,5-6,12H2,1-4H3. The fourth-order valence-electron chi connectivity index (χ4n) is 1.40. The van der Waals surface area contributed by atoms with E-state index < -0.39 is 0 Å². The molecule has 1 aromatic heterocycles. The third kappa shape index (κ3) is 2.29. The van der Waals surface area contributed by atoms with Crippen molar-refractivity contribution in [2.75, 3.05) is 0 Å². The number of nitrogens with zero attached hydrogens (tertiary/aromatic N) is 2. The van der Waals surface area contributed by atoms with Crippen molar-refractivity contribution in [2.45, 2.75) is 46.6 Å². The van der Waals surface area contributed by atoms with Crippen LogP contribution in [0.3, 0.4) is 0 Å². The number of hydrogen-bond acceptors (Lipinski definition) is 3. The van der Waals surface area contributed by atoms with Crippen LogP contribution in [0.1, 0.15) is 48.6 Å². The van der Waals surface area contributed by atoms with E-state index in [0.29, 0.717) is 0 Å². The van der Waals surface area contributed by atoms with Gasteiger partial charge in [-0.15, -0.1) is 0 Å². The molecule has 1 heterocycles. The van der Waals surface area contributed by atoms with Crippen molar-refractivity contribution in [3.8, 4) is 0 Å². The molecule has 2 N–H and O–H groups in total. The van der Waals surface area contributed by atoms with E-state index in [1.165, 1.54) is 0 Å². The number of rotatable bonds is 3. The molecule has 0 aliphatic carbocycles. The van der Waals surface area contributed by atoms with Crippen LogP contribution in [0.4, 0.5) is 0 Å². The molecule has 3 nitrogen and oxygen atoms in total. The topological polar surface area (TPSA) is 51.8 Å². The molecule has 0 aliphatic heterocycles. The van der Waals surface area contributed by atoms with E-state index >= 15 is 0 Å². The molecule has 0 fully saturated rings. The maximum absolute atomic E-state index is 5.97. The Kier molecular flexibility index (Phi) is 3.58. The van der Waals surface area contributed by atoms with Crippen LogP contribution in [-0.4, -0.2) is 9.97 Å². The van der Waals surface area contributed by atoms with E-state index in [1.807, 2.05) is 20.8 Å². The highest BCUT2D eigenvalue weighted by atomic mass is 14.9. The van der Waals surface area contributed by atoms with Crippen LogP contribution in [0.15, 0.2) is 0 Å². The van der Waals surface area contributed by atoms with Gasteiger partial charge < -0.3 is 5.73 Å². The summed E-state index contributed by atoms with van der Waals surface area (Å²) in [5.74, 6) is 0.785. The summed E-state index contributed by atoms with van der Waals surface area (Å²) >= 11 is 0. The van der Waals surface area contributed by atoms with Gasteiger partial charge >= 0.3 is 0 Å². The fraction of sp³-hybridized carbons (Fsp3) is 0.636. The first-order valence-electron chi connectivity index (χ1n) is 5.13. The lowest BCUT2D eigenvalue weighted by Crippen LogP contribution is -2.15. The Morgan fingerprint density at radius 3 is 2.07 bits per heavy atom. The van der Waals surface area contributed by atoms with Crippen molar-refractivity contribution < 1.29 is 0 Å². The zero-order valence-electron chi connectivity index (χ0n) is 9.46. The van der Waals surface area contributed by atoms with Gasteiger partial charge in [-0.2, -0.15) is 0 Å². The van der Waals surface area contributed by atoms with Crippen LogP contribution in [0.2, 0.25) is 0 Å². The molecule has 0 bridgehead atoms. The Morgan fingerprint density at radius 2 is 1.64 bits per heavy atom. The highest BCUT2D eigenvalue weighted by molar-refractivity contribution is 5.22. The van der Waals surface area contributed by atoms with Crippen molar-refractivity contribution >= 4 is 0 Å². The van der Waals surface area contributed by atoms with Gasteiger partial charge in [-0.3, -0.25) is 0 Å². The predicted molar refractivity (Wildman–Crippen MR) is 58.1 cm³/mol. The molecule has 0 aromatic carbocycles. The summed E-state index contributed by atoms with van der Waals surface area (Å²) in [6, 6.07) is -0.0157. The van der Waals surface area contributed by atoms with Gasteiger partial charge in [-0.25, -0.2) is 9.97 Å². The molecule has 1 unspecified atom stereocenters. The minimum atomic E-state index is -0.0157. The Hall–Kier alpha value is -0.960. The van der Waals surface area contributed by atoms with Crippen molar-refractivity contribution in [1.82, 2.24) is 9.97 Å². The molecule has 0 radical (unpaired) electrons. The zero-order chi connectivity index (χ0) is 10.7. The maximum Gasteiger partial charge on any atom is 0.145 e. The molecule has 1 rings (SSSR count). The van der Waals surface area contributed by atoms with Gasteiger partial charge in [0, 0.05) is 11.4 Å². The fourth-order valence-corrected chi connectivity index (χ4v) is 1.40. The SMILES string of the molecule is CCCC(N)c1nc(C)c(C)c(C)n1. The third-order valence-electron chi connectivity index (χ3n) is 2.58. The van der Waals surface area contributed by atoms with Crippen molar-refractivity contribution in [1.29, 1.82) is 0 Å². The quantitative estimate of drug-likeness (QED) is 0.800. The van der Waals surface area contributed by atoms with Gasteiger partial charge in [0.2, 0.25) is 0 Å². The Labute approximate surface area is 85.8 Å². The van der Waals surface area contributed by atoms with Crippen molar-refractivity contribution in [3.05, 3.63) is 22.8 Å². The van der Waals surface area contributed by atoms with Gasteiger partial charge in [0.25, 0.3) is 0 Å². The molecule has 1 aromatic rings. The molecule has 0 saturated heterocycles. The lowest BCUT2D eigenvalue weighted by Gasteiger charge is -2.12. The first kappa shape index (κ1) is 11.1. The zero-order valence-corrected chi connectivity index (χ0v) is 9.46. The van der Waals surface area contributed by atoms with Crippen LogP contribution in [0.5, 0.6) is 0 Å². The van der Waals surface area contributed by atoms with Gasteiger partial charge in [-0.05, 0) is 32.8 Å². The third-order valence-corrected chi connectivity index (χ3v) is 2.58. The Balaban J connectivity index is 3.00. The summed E-state index contributed by atoms with van der Waals surface area (Å²) in [6.07, 6.45) is 2.01. The molecule has 1 atom stereocenters. The van der Waals surface area contributed by atoms with Gasteiger partial charge in [0.05, 0.1) is 6.04 Å². The first-order chi connectivity index (χ1) is 6.56. The number of nitrogens with two attached hydrogens (primary N) is 1. The summed E-state index contributed by atoms with van der Waals surface area (Å²) in [6.45, 7) is 8.17. The number of aromatic nitrogens is 2. The minimum Gasteiger partial charge on any atom is -0.321 e. The summed E-state index contributed by atoms with van der Waals surface area (Å²) in [4.78, 5) is 8.83. The van der Waals surface area contributed by atoms with E-state index in [2.05, 4.69) is 16.9 Å². The number of hydrogen-bond donors (Lipinski definition) is 1. The Bertz CT molecular complexity index is 297. The normalized spacial score (nSPS) is 12.9. The summed E-state index contributed by atoms with van der Waals surface area (Å²) in [5.41, 5.74) is 9.21. The summed E-state index contributed by atoms with van der Waals surface area (Å²) in [7, 11) is 0. The second kappa shape index (κ2) is 4.51. The van der Waals surface area contributed by atoms with Crippen molar-refractivity contribution in [2.24, 2.45) is 5.73 Å². The minimum absolute atomic E-state index is 0.0157. The molecule has 78 valence electrons. The van der Waals surface area contributed by atoms with Crippen LogP contribution in [-0.2, 0) is 0 Å². The summed E-state index contributed by atoms with van der Waals surface area (Å²) in [5, 5.41) is 0. The lowest BCUT2D eigenvalue weighted by molar-refractivity contribution is 0.596. The van der Waals surface area contributed by atoms with E-state index in [0.717, 1.165) is 35.6 Å². The molecule has 14 heavy (non-hydrogen) atoms. The summed E-state index contributed by atoms with van der Waals surface area (Å²) < 4.78 is 0. The molecule has 3 heteroatoms. The van der Waals surface area contributed by atoms with Crippen LogP contribution in [0, 0.1) is 20.8 Å². The number of aryl methyl sites for hydroxylation is 2. The smallest absolute Gasteiger partial charge is 0.145 e. The average Bonchev–Trinajstić information content (AvgIpc) is 2.13. The van der Waals surface area contributed by atoms with Crippen LogP contribution >= 0.6 is 0 Å². The lowest BCUT2D eigenvalue weighted by atomic mass is 10.1. The van der Waals surface area contributed by atoms with Gasteiger partial charge in [0.1, 0.15) is 5.82 Å². The van der Waals surface area contributed by atoms with Crippen LogP contribution in [0.25, 0.3) is 0 Å². The maximum atomic E-state index is 5.97. The van der Waals surface area contributed by atoms with E-state index in [1.54, 1.807) is 0 Å². The first-order valence-corrected chi connectivity index (χ1v) is 5.13. The molecule has 0 saturated carbocycles. The highest BCUT2D eigenvalue weighted by Crippen LogP contribution is 2.15. The second-order valence-electron chi connectivity index (χ2n) is 3.77. The molecular weight excluding hydrogens is 174 g/mol. The molecule has 0 aliphatic rings. The average molecular weight is 193 g/mol. The second-order valence-corrected chi connectivity index (χ2v) is 3.77. The Morgan fingerprint density at radius 1 is 1.14 bits per heavy atom.